The van der Waals surface area contributed by atoms with Crippen molar-refractivity contribution in [2.24, 2.45) is 0 Å². The Labute approximate surface area is 94.6 Å². The van der Waals surface area contributed by atoms with Crippen LogP contribution in [-0.4, -0.2) is 54.4 Å². The number of likely N-dealkylation sites (N-methyl/N-ethyl adjacent to an activating group) is 1. The van der Waals surface area contributed by atoms with E-state index in [1.807, 2.05) is 0 Å². The van der Waals surface area contributed by atoms with Crippen LogP contribution in [-0.2, 0) is 9.53 Å². The number of hydrogen-bond donors (Lipinski definition) is 2. The molecule has 0 radical (unpaired) electrons. The molecule has 1 aliphatic rings. The summed E-state index contributed by atoms with van der Waals surface area (Å²) in [5, 5.41) is 11.5. The highest BCUT2D eigenvalue weighted by Crippen LogP contribution is 2.22. The van der Waals surface area contributed by atoms with Crippen LogP contribution in [0.2, 0.25) is 0 Å². The Balaban J connectivity index is 2.33. The Kier molecular flexibility index (Phi) is 4.12. The second-order valence-electron chi connectivity index (χ2n) is 4.10. The van der Waals surface area contributed by atoms with Gasteiger partial charge >= 0.3 is 12.0 Å². The minimum atomic E-state index is -1.01. The van der Waals surface area contributed by atoms with Crippen molar-refractivity contribution in [1.82, 2.24) is 10.2 Å². The Morgan fingerprint density at radius 3 is 2.50 bits per heavy atom. The van der Waals surface area contributed by atoms with E-state index >= 15 is 0 Å². The zero-order chi connectivity index (χ0) is 12.3. The molecule has 92 valence electrons. The van der Waals surface area contributed by atoms with Crippen LogP contribution in [0.15, 0.2) is 0 Å². The maximum absolute atomic E-state index is 11.6. The summed E-state index contributed by atoms with van der Waals surface area (Å²) >= 11 is 0. The van der Waals surface area contributed by atoms with E-state index in [2.05, 4.69) is 5.32 Å². The molecule has 2 amide bonds. The van der Waals surface area contributed by atoms with Gasteiger partial charge in [0.15, 0.2) is 0 Å². The number of ether oxygens (including phenoxy) is 1. The number of rotatable bonds is 4. The van der Waals surface area contributed by atoms with Gasteiger partial charge in [-0.2, -0.15) is 0 Å². The summed E-state index contributed by atoms with van der Waals surface area (Å²) in [7, 11) is 3.11. The van der Waals surface area contributed by atoms with Gasteiger partial charge in [0.1, 0.15) is 6.04 Å². The number of hydrogen-bond acceptors (Lipinski definition) is 3. The first kappa shape index (κ1) is 12.8. The van der Waals surface area contributed by atoms with Crippen LogP contribution in [0.1, 0.15) is 19.8 Å². The van der Waals surface area contributed by atoms with Crippen LogP contribution in [0.4, 0.5) is 4.79 Å². The highest BCUT2D eigenvalue weighted by Gasteiger charge is 2.32. The quantitative estimate of drug-likeness (QED) is 0.727. The number of carbonyl (C=O) groups is 2. The van der Waals surface area contributed by atoms with Crippen LogP contribution < -0.4 is 5.32 Å². The third-order valence-corrected chi connectivity index (χ3v) is 3.01. The SMILES string of the molecule is COC1CC(NC(=O)N(C)C(C)C(=O)O)C1. The lowest BCUT2D eigenvalue weighted by Gasteiger charge is -2.36. The monoisotopic (exact) mass is 230 g/mol. The van der Waals surface area contributed by atoms with Crippen molar-refractivity contribution in [2.45, 2.75) is 38.0 Å². The van der Waals surface area contributed by atoms with Gasteiger partial charge in [-0.15, -0.1) is 0 Å². The Morgan fingerprint density at radius 1 is 1.50 bits per heavy atom. The molecule has 6 heteroatoms. The number of methoxy groups -OCH3 is 1. The van der Waals surface area contributed by atoms with Crippen LogP contribution in [0.25, 0.3) is 0 Å². The lowest BCUT2D eigenvalue weighted by atomic mass is 9.89. The number of carboxylic acids is 1. The fourth-order valence-electron chi connectivity index (χ4n) is 1.49. The molecule has 2 N–H and O–H groups in total. The molecular formula is C10H18N2O4. The van der Waals surface area contributed by atoms with Crippen LogP contribution in [0.3, 0.4) is 0 Å². The molecule has 0 aliphatic heterocycles. The summed E-state index contributed by atoms with van der Waals surface area (Å²) in [5.41, 5.74) is 0. The summed E-state index contributed by atoms with van der Waals surface area (Å²) in [6.07, 6.45) is 1.79. The van der Waals surface area contributed by atoms with Gasteiger partial charge in [0.2, 0.25) is 0 Å². The topological polar surface area (TPSA) is 78.9 Å². The molecular weight excluding hydrogens is 212 g/mol. The van der Waals surface area contributed by atoms with Gasteiger partial charge in [0.05, 0.1) is 6.10 Å². The summed E-state index contributed by atoms with van der Waals surface area (Å²) in [6.45, 7) is 1.47. The summed E-state index contributed by atoms with van der Waals surface area (Å²) in [6, 6.07) is -1.08. The van der Waals surface area contributed by atoms with Crippen molar-refractivity contribution in [3.8, 4) is 0 Å². The largest absolute Gasteiger partial charge is 0.480 e. The van der Waals surface area contributed by atoms with Gasteiger partial charge in [0, 0.05) is 20.2 Å². The zero-order valence-corrected chi connectivity index (χ0v) is 9.77. The maximum atomic E-state index is 11.6. The molecule has 0 aromatic heterocycles. The van der Waals surface area contributed by atoms with Crippen LogP contribution >= 0.6 is 0 Å². The Bertz CT molecular complexity index is 276. The van der Waals surface area contributed by atoms with Crippen molar-refractivity contribution in [1.29, 1.82) is 0 Å². The van der Waals surface area contributed by atoms with E-state index in [-0.39, 0.29) is 18.2 Å². The van der Waals surface area contributed by atoms with E-state index in [0.29, 0.717) is 0 Å². The molecule has 1 atom stereocenters. The van der Waals surface area contributed by atoms with Gasteiger partial charge in [-0.1, -0.05) is 0 Å². The molecule has 0 spiro atoms. The Hall–Kier alpha value is -1.30. The molecule has 0 saturated heterocycles. The molecule has 16 heavy (non-hydrogen) atoms. The second-order valence-corrected chi connectivity index (χ2v) is 4.10. The maximum Gasteiger partial charge on any atom is 0.326 e. The first-order valence-electron chi connectivity index (χ1n) is 5.24. The molecule has 0 aromatic rings. The lowest BCUT2D eigenvalue weighted by Crippen LogP contribution is -2.53. The van der Waals surface area contributed by atoms with Crippen LogP contribution in [0, 0.1) is 0 Å². The predicted octanol–water partition coefficient (Wildman–Crippen LogP) is 0.278. The number of urea groups is 1. The smallest absolute Gasteiger partial charge is 0.326 e. The predicted molar refractivity (Wildman–Crippen MR) is 57.2 cm³/mol. The first-order chi connectivity index (χ1) is 7.45. The number of nitrogens with one attached hydrogen (secondary N) is 1. The molecule has 1 aliphatic carbocycles. The molecule has 0 aromatic carbocycles. The summed E-state index contributed by atoms with van der Waals surface area (Å²) < 4.78 is 5.09. The van der Waals surface area contributed by atoms with Gasteiger partial charge in [-0.25, -0.2) is 9.59 Å². The number of nitrogens with zero attached hydrogens (tertiary/aromatic N) is 1. The highest BCUT2D eigenvalue weighted by molar-refractivity contribution is 5.82. The number of amides is 2. The molecule has 0 heterocycles. The first-order valence-corrected chi connectivity index (χ1v) is 5.24. The van der Waals surface area contributed by atoms with Gasteiger partial charge in [-0.3, -0.25) is 0 Å². The third kappa shape index (κ3) is 2.85. The number of aliphatic carboxylic acids is 1. The average molecular weight is 230 g/mol. The van der Waals surface area contributed by atoms with Gasteiger partial charge in [-0.05, 0) is 19.8 Å². The van der Waals surface area contributed by atoms with Crippen molar-refractivity contribution in [3.63, 3.8) is 0 Å². The third-order valence-electron chi connectivity index (χ3n) is 3.01. The molecule has 0 bridgehead atoms. The summed E-state index contributed by atoms with van der Waals surface area (Å²) in [4.78, 5) is 23.5. The van der Waals surface area contributed by atoms with Crippen molar-refractivity contribution < 1.29 is 19.4 Å². The van der Waals surface area contributed by atoms with E-state index in [1.165, 1.54) is 18.9 Å². The van der Waals surface area contributed by atoms with Crippen molar-refractivity contribution >= 4 is 12.0 Å². The van der Waals surface area contributed by atoms with Gasteiger partial charge < -0.3 is 20.1 Å². The Morgan fingerprint density at radius 2 is 2.06 bits per heavy atom. The average Bonchev–Trinajstić information content (AvgIpc) is 2.19. The second kappa shape index (κ2) is 5.16. The minimum Gasteiger partial charge on any atom is -0.480 e. The lowest BCUT2D eigenvalue weighted by molar-refractivity contribution is -0.141. The van der Waals surface area contributed by atoms with Crippen molar-refractivity contribution in [2.75, 3.05) is 14.2 Å². The summed E-state index contributed by atoms with van der Waals surface area (Å²) in [5.74, 6) is -1.01. The zero-order valence-electron chi connectivity index (χ0n) is 9.77. The normalized spacial score (nSPS) is 25.4. The van der Waals surface area contributed by atoms with E-state index in [9.17, 15) is 9.59 Å². The fourth-order valence-corrected chi connectivity index (χ4v) is 1.49. The highest BCUT2D eigenvalue weighted by atomic mass is 16.5. The standard InChI is InChI=1S/C10H18N2O4/c1-6(9(13)14)12(2)10(15)11-7-4-8(5-7)16-3/h6-8H,4-5H2,1-3H3,(H,11,15)(H,13,14). The van der Waals surface area contributed by atoms with E-state index in [0.717, 1.165) is 12.8 Å². The molecule has 1 unspecified atom stereocenters. The molecule has 1 fully saturated rings. The van der Waals surface area contributed by atoms with Gasteiger partial charge in [0.25, 0.3) is 0 Å². The van der Waals surface area contributed by atoms with E-state index in [1.54, 1.807) is 7.11 Å². The van der Waals surface area contributed by atoms with Crippen LogP contribution in [0.5, 0.6) is 0 Å². The molecule has 1 rings (SSSR count). The van der Waals surface area contributed by atoms with Crippen molar-refractivity contribution in [3.05, 3.63) is 0 Å². The number of carbonyl (C=O) groups excluding carboxylic acids is 1. The number of carboxylic acid groups (broad SMARTS) is 1. The minimum absolute atomic E-state index is 0.0981. The fraction of sp³-hybridized carbons (Fsp3) is 0.800. The van der Waals surface area contributed by atoms with E-state index < -0.39 is 12.0 Å². The van der Waals surface area contributed by atoms with E-state index in [4.69, 9.17) is 9.84 Å². The molecule has 1 saturated carbocycles. The molecule has 6 nitrogen and oxygen atoms in total.